The fourth-order valence-electron chi connectivity index (χ4n) is 3.21. The van der Waals surface area contributed by atoms with Crippen LogP contribution in [-0.2, 0) is 28.7 Å². The van der Waals surface area contributed by atoms with Crippen molar-refractivity contribution in [3.05, 3.63) is 11.1 Å². The molecule has 2 rings (SSSR count). The number of anilines is 1. The van der Waals surface area contributed by atoms with Crippen molar-refractivity contribution in [1.29, 1.82) is 0 Å². The number of nitrogens with one attached hydrogen (secondary N) is 5. The number of ether oxygens (including phenoxy) is 2. The van der Waals surface area contributed by atoms with E-state index < -0.39 is 70.7 Å². The number of rotatable bonds is 13. The zero-order chi connectivity index (χ0) is 33.5. The molecule has 0 spiro atoms. The number of alkyl carbamates (subject to hydrolysis) is 1. The van der Waals surface area contributed by atoms with Gasteiger partial charge < -0.3 is 45.8 Å². The molecule has 1 fully saturated rings. The first kappa shape index (κ1) is 36.2. The van der Waals surface area contributed by atoms with Gasteiger partial charge in [0, 0.05) is 25.0 Å². The molecule has 1 aliphatic rings. The predicted molar refractivity (Wildman–Crippen MR) is 158 cm³/mol. The number of amides is 4. The Morgan fingerprint density at radius 3 is 2.23 bits per heavy atom. The molecule has 44 heavy (non-hydrogen) atoms. The van der Waals surface area contributed by atoms with Crippen LogP contribution in [-0.4, -0.2) is 106 Å². The van der Waals surface area contributed by atoms with Gasteiger partial charge in [0.2, 0.25) is 11.5 Å². The van der Waals surface area contributed by atoms with Gasteiger partial charge in [0.1, 0.15) is 22.9 Å². The van der Waals surface area contributed by atoms with E-state index in [2.05, 4.69) is 36.7 Å². The number of carbonyl (C=O) groups excluding carboxylic acids is 4. The molecule has 2 heterocycles. The first-order chi connectivity index (χ1) is 20.2. The fourth-order valence-corrected chi connectivity index (χ4v) is 3.89. The number of carbonyl (C=O) groups is 5. The molecule has 7 N–H and O–H groups in total. The number of hydrogen-bond acceptors (Lipinski definition) is 13. The monoisotopic (exact) mass is 643 g/mol. The highest BCUT2D eigenvalue weighted by atomic mass is 32.1. The van der Waals surface area contributed by atoms with Gasteiger partial charge in [0.15, 0.2) is 10.8 Å². The Morgan fingerprint density at radius 2 is 1.66 bits per heavy atom. The maximum absolute atomic E-state index is 13.3. The van der Waals surface area contributed by atoms with Gasteiger partial charge >= 0.3 is 18.2 Å². The summed E-state index contributed by atoms with van der Waals surface area (Å²) >= 11 is 0.948. The van der Waals surface area contributed by atoms with Crippen molar-refractivity contribution in [1.82, 2.24) is 26.3 Å². The Balaban J connectivity index is 2.05. The molecule has 3 atom stereocenters. The van der Waals surface area contributed by atoms with Crippen molar-refractivity contribution in [3.8, 4) is 0 Å². The van der Waals surface area contributed by atoms with E-state index in [1.54, 1.807) is 41.5 Å². The van der Waals surface area contributed by atoms with Crippen LogP contribution in [0.2, 0.25) is 0 Å². The highest BCUT2D eigenvalue weighted by molar-refractivity contribution is 7.14. The lowest BCUT2D eigenvalue weighted by atomic mass is 9.98. The van der Waals surface area contributed by atoms with E-state index in [0.29, 0.717) is 0 Å². The number of thiazole rings is 1. The molecule has 1 saturated heterocycles. The summed E-state index contributed by atoms with van der Waals surface area (Å²) in [4.78, 5) is 70.2. The van der Waals surface area contributed by atoms with Crippen LogP contribution in [0.25, 0.3) is 0 Å². The number of aliphatic carboxylic acids is 1. The predicted octanol–water partition coefficient (Wildman–Crippen LogP) is 0.532. The van der Waals surface area contributed by atoms with Crippen LogP contribution in [0.5, 0.6) is 0 Å². The van der Waals surface area contributed by atoms with Crippen LogP contribution in [0.3, 0.4) is 0 Å². The highest BCUT2D eigenvalue weighted by Gasteiger charge is 2.41. The molecule has 0 aliphatic carbocycles. The number of carboxylic acid groups (broad SMARTS) is 1. The Labute approximate surface area is 258 Å². The molecule has 17 nitrogen and oxygen atoms in total. The van der Waals surface area contributed by atoms with Crippen molar-refractivity contribution in [2.24, 2.45) is 5.16 Å². The van der Waals surface area contributed by atoms with E-state index in [4.69, 9.17) is 14.3 Å². The summed E-state index contributed by atoms with van der Waals surface area (Å²) in [6, 6.07) is -1.59. The summed E-state index contributed by atoms with van der Waals surface area (Å²) in [5.41, 5.74) is -3.76. The minimum Gasteiger partial charge on any atom is -0.478 e. The first-order valence-electron chi connectivity index (χ1n) is 13.6. The normalized spacial score (nSPS) is 17.8. The quantitative estimate of drug-likeness (QED) is 0.0885. The molecule has 0 bridgehead atoms. The SMILES string of the molecule is CC(C)(C)OC(=O)NCC(O)CNC[C@@H]1NC(=O)C1NC(=O)/C(=N\OC(C)(C)C(=O)O)c1csc(NC(=O)OC(C)(C)C)n1. The number of nitrogens with zero attached hydrogens (tertiary/aromatic N) is 2. The molecule has 1 aromatic rings. The smallest absolute Gasteiger partial charge is 0.413 e. The van der Waals surface area contributed by atoms with Gasteiger partial charge in [-0.1, -0.05) is 5.16 Å². The Bertz CT molecular complexity index is 1250. The number of oxime groups is 1. The number of β-lactam (4-membered cyclic amide) rings is 1. The van der Waals surface area contributed by atoms with E-state index in [-0.39, 0.29) is 30.5 Å². The second-order valence-electron chi connectivity index (χ2n) is 12.3. The Hall–Kier alpha value is -4.03. The molecule has 0 radical (unpaired) electrons. The molecule has 0 saturated carbocycles. The fraction of sp³-hybridized carbons (Fsp3) is 0.654. The van der Waals surface area contributed by atoms with Gasteiger partial charge in [-0.15, -0.1) is 11.3 Å². The van der Waals surface area contributed by atoms with Gasteiger partial charge in [-0.25, -0.2) is 19.4 Å². The summed E-state index contributed by atoms with van der Waals surface area (Å²) in [6.07, 6.45) is -2.42. The lowest BCUT2D eigenvalue weighted by Crippen LogP contribution is -2.72. The third kappa shape index (κ3) is 11.9. The van der Waals surface area contributed by atoms with E-state index in [9.17, 15) is 34.2 Å². The Kier molecular flexibility index (Phi) is 12.0. The Morgan fingerprint density at radius 1 is 1.05 bits per heavy atom. The second kappa shape index (κ2) is 14.6. The average molecular weight is 644 g/mol. The molecular weight excluding hydrogens is 602 g/mol. The summed E-state index contributed by atoms with van der Waals surface area (Å²) in [5, 5.41) is 37.7. The lowest BCUT2D eigenvalue weighted by molar-refractivity contribution is -0.161. The summed E-state index contributed by atoms with van der Waals surface area (Å²) in [5.74, 6) is -2.74. The highest BCUT2D eigenvalue weighted by Crippen LogP contribution is 2.20. The minimum atomic E-state index is -1.81. The largest absolute Gasteiger partial charge is 0.478 e. The van der Waals surface area contributed by atoms with Gasteiger partial charge in [0.05, 0.1) is 12.1 Å². The number of carboxylic acids is 1. The number of aromatic nitrogens is 1. The summed E-state index contributed by atoms with van der Waals surface area (Å²) in [6.45, 7) is 12.8. The van der Waals surface area contributed by atoms with Gasteiger partial charge in [-0.3, -0.25) is 14.9 Å². The topological polar surface area (TPSA) is 239 Å². The van der Waals surface area contributed by atoms with Crippen molar-refractivity contribution >= 4 is 52.2 Å². The molecule has 0 aromatic carbocycles. The van der Waals surface area contributed by atoms with Crippen molar-refractivity contribution in [2.75, 3.05) is 25.0 Å². The van der Waals surface area contributed by atoms with Crippen LogP contribution in [0.4, 0.5) is 14.7 Å². The average Bonchev–Trinajstić information content (AvgIpc) is 3.31. The summed E-state index contributed by atoms with van der Waals surface area (Å²) in [7, 11) is 0. The van der Waals surface area contributed by atoms with Gasteiger partial charge in [-0.2, -0.15) is 0 Å². The maximum atomic E-state index is 13.3. The molecule has 18 heteroatoms. The van der Waals surface area contributed by atoms with Crippen molar-refractivity contribution in [3.63, 3.8) is 0 Å². The maximum Gasteiger partial charge on any atom is 0.413 e. The summed E-state index contributed by atoms with van der Waals surface area (Å²) < 4.78 is 10.3. The van der Waals surface area contributed by atoms with E-state index >= 15 is 0 Å². The number of hydrogen-bond donors (Lipinski definition) is 7. The van der Waals surface area contributed by atoms with E-state index in [1.165, 1.54) is 19.2 Å². The zero-order valence-corrected chi connectivity index (χ0v) is 26.7. The van der Waals surface area contributed by atoms with Gasteiger partial charge in [-0.05, 0) is 55.4 Å². The molecule has 246 valence electrons. The second-order valence-corrected chi connectivity index (χ2v) is 13.1. The van der Waals surface area contributed by atoms with E-state index in [0.717, 1.165) is 11.3 Å². The molecule has 2 unspecified atom stereocenters. The standard InChI is InChI=1S/C26H41N7O10S/c1-24(2,3)41-22(39)28-10-13(34)9-27-11-14-16(18(35)29-14)31-19(36)17(33-43-26(7,8)20(37)38)15-12-44-21(30-15)32-23(40)42-25(4,5)6/h12-14,16,27,34H,9-11H2,1-8H3,(H,28,39)(H,29,35)(H,31,36)(H,37,38)(H,30,32,40)/b33-17-/t13?,14-,16?/m0/s1. The zero-order valence-electron chi connectivity index (χ0n) is 25.9. The van der Waals surface area contributed by atoms with Gasteiger partial charge in [0.25, 0.3) is 5.91 Å². The number of aliphatic hydroxyl groups excluding tert-OH is 1. The molecule has 1 aliphatic heterocycles. The molecule has 4 amide bonds. The van der Waals surface area contributed by atoms with Crippen LogP contribution in [0.1, 0.15) is 61.1 Å². The third-order valence-corrected chi connectivity index (χ3v) is 6.13. The van der Waals surface area contributed by atoms with Crippen LogP contribution in [0, 0.1) is 0 Å². The van der Waals surface area contributed by atoms with E-state index in [1.807, 2.05) is 0 Å². The van der Waals surface area contributed by atoms with Crippen molar-refractivity contribution in [2.45, 2.75) is 90.4 Å². The van der Waals surface area contributed by atoms with Crippen LogP contribution < -0.4 is 26.6 Å². The first-order valence-corrected chi connectivity index (χ1v) is 14.5. The van der Waals surface area contributed by atoms with Crippen LogP contribution in [0.15, 0.2) is 10.5 Å². The lowest BCUT2D eigenvalue weighted by Gasteiger charge is -2.37. The third-order valence-electron chi connectivity index (χ3n) is 5.37. The molecule has 1 aromatic heterocycles. The van der Waals surface area contributed by atoms with Crippen LogP contribution >= 0.6 is 11.3 Å². The number of aliphatic hydroxyl groups is 1. The van der Waals surface area contributed by atoms with Crippen molar-refractivity contribution < 1.29 is 48.5 Å². The minimum absolute atomic E-state index is 0.0555. The molecular formula is C26H41N7O10S.